The predicted molar refractivity (Wildman–Crippen MR) is 174 cm³/mol. The van der Waals surface area contributed by atoms with Gasteiger partial charge in [0, 0.05) is 43.7 Å². The molecule has 0 bridgehead atoms. The molecule has 2 aromatic carbocycles. The Morgan fingerprint density at radius 2 is 1.77 bits per heavy atom. The van der Waals surface area contributed by atoms with Crippen LogP contribution in [0.25, 0.3) is 6.08 Å². The van der Waals surface area contributed by atoms with Crippen LogP contribution >= 0.6 is 0 Å². The minimum Gasteiger partial charge on any atom is -0.490 e. The van der Waals surface area contributed by atoms with Gasteiger partial charge in [-0.2, -0.15) is 13.2 Å². The third kappa shape index (κ3) is 10.7. The summed E-state index contributed by atoms with van der Waals surface area (Å²) in [5.74, 6) is -1.88. The Morgan fingerprint density at radius 1 is 1.08 bits per heavy atom. The number of carbonyl (C=O) groups is 3. The van der Waals surface area contributed by atoms with Gasteiger partial charge in [-0.05, 0) is 50.6 Å². The number of amidine groups is 2. The topological polar surface area (TPSA) is 171 Å². The number of ether oxygens (including phenoxy) is 3. The third-order valence-corrected chi connectivity index (χ3v) is 7.38. The van der Waals surface area contributed by atoms with E-state index < -0.39 is 54.0 Å². The molecule has 0 radical (unpaired) electrons. The number of urea groups is 1. The van der Waals surface area contributed by atoms with Crippen molar-refractivity contribution < 1.29 is 41.8 Å². The highest BCUT2D eigenvalue weighted by molar-refractivity contribution is 5.97. The quantitative estimate of drug-likeness (QED) is 0.131. The average Bonchev–Trinajstić information content (AvgIpc) is 3.03. The summed E-state index contributed by atoms with van der Waals surface area (Å²) < 4.78 is 59.0. The van der Waals surface area contributed by atoms with Gasteiger partial charge in [0.05, 0.1) is 31.0 Å². The number of alkyl halides is 3. The average molecular weight is 675 g/mol. The van der Waals surface area contributed by atoms with Gasteiger partial charge >= 0.3 is 24.1 Å². The molecule has 0 spiro atoms. The zero-order valence-electron chi connectivity index (χ0n) is 27.1. The summed E-state index contributed by atoms with van der Waals surface area (Å²) in [6.07, 6.45) is -1.95. The van der Waals surface area contributed by atoms with Gasteiger partial charge in [0.2, 0.25) is 0 Å². The van der Waals surface area contributed by atoms with E-state index in [2.05, 4.69) is 5.32 Å². The van der Waals surface area contributed by atoms with E-state index in [0.717, 1.165) is 17.0 Å². The molecule has 3 rings (SSSR count). The normalized spacial score (nSPS) is 14.2. The second-order valence-corrected chi connectivity index (χ2v) is 10.9. The molecule has 1 fully saturated rings. The Labute approximate surface area is 277 Å². The van der Waals surface area contributed by atoms with Crippen LogP contribution in [0.5, 0.6) is 5.75 Å². The molecule has 1 aliphatic rings. The lowest BCUT2D eigenvalue weighted by Crippen LogP contribution is -2.49. The van der Waals surface area contributed by atoms with Crippen LogP contribution in [-0.2, 0) is 25.2 Å². The number of nitrogens with one attached hydrogen (secondary N) is 3. The summed E-state index contributed by atoms with van der Waals surface area (Å²) in [4.78, 5) is 41.3. The smallest absolute Gasteiger partial charge is 0.420 e. The van der Waals surface area contributed by atoms with Crippen LogP contribution in [0.3, 0.4) is 0 Å². The van der Waals surface area contributed by atoms with Crippen LogP contribution in [0.15, 0.2) is 48.5 Å². The van der Waals surface area contributed by atoms with Gasteiger partial charge in [0.1, 0.15) is 23.7 Å². The van der Waals surface area contributed by atoms with Gasteiger partial charge in [-0.15, -0.1) is 0 Å². The highest BCUT2D eigenvalue weighted by Gasteiger charge is 2.37. The van der Waals surface area contributed by atoms with Gasteiger partial charge in [-0.3, -0.25) is 20.5 Å². The number of anilines is 1. The molecule has 5 N–H and O–H groups in total. The van der Waals surface area contributed by atoms with Crippen molar-refractivity contribution in [2.75, 3.05) is 37.7 Å². The summed E-state index contributed by atoms with van der Waals surface area (Å²) >= 11 is 0. The monoisotopic (exact) mass is 674 g/mol. The van der Waals surface area contributed by atoms with Crippen molar-refractivity contribution in [2.24, 2.45) is 5.73 Å². The molecule has 0 aliphatic carbocycles. The number of piperidine rings is 1. The van der Waals surface area contributed by atoms with Crippen LogP contribution < -0.4 is 20.7 Å². The van der Waals surface area contributed by atoms with E-state index >= 15 is 0 Å². The van der Waals surface area contributed by atoms with Crippen LogP contribution in [0.4, 0.5) is 23.7 Å². The molecule has 0 aromatic heterocycles. The van der Waals surface area contributed by atoms with Crippen molar-refractivity contribution >= 4 is 41.4 Å². The molecule has 48 heavy (non-hydrogen) atoms. The lowest BCUT2D eigenvalue weighted by atomic mass is 10.1. The van der Waals surface area contributed by atoms with Crippen LogP contribution in [0, 0.1) is 10.8 Å². The number of carbonyl (C=O) groups excluding carboxylic acids is 3. The largest absolute Gasteiger partial charge is 0.490 e. The third-order valence-electron chi connectivity index (χ3n) is 7.38. The maximum absolute atomic E-state index is 14.4. The summed E-state index contributed by atoms with van der Waals surface area (Å²) in [6.45, 7) is 5.43. The first-order valence-electron chi connectivity index (χ1n) is 15.4. The number of hydrogen-bond donors (Lipinski definition) is 4. The maximum Gasteiger partial charge on any atom is 0.420 e. The maximum atomic E-state index is 14.4. The molecule has 1 saturated heterocycles. The first-order valence-corrected chi connectivity index (χ1v) is 15.4. The number of esters is 2. The Bertz CT molecular complexity index is 1510. The molecule has 15 heteroatoms. The van der Waals surface area contributed by atoms with E-state index in [1.54, 1.807) is 51.1 Å². The molecular formula is C33H41F3N6O6. The molecule has 12 nitrogen and oxygen atoms in total. The molecule has 1 atom stereocenters. The van der Waals surface area contributed by atoms with Crippen LogP contribution in [-0.4, -0.2) is 79.5 Å². The minimum absolute atomic E-state index is 0.0279. The fourth-order valence-electron chi connectivity index (χ4n) is 4.96. The molecule has 0 saturated carbocycles. The Morgan fingerprint density at radius 3 is 2.38 bits per heavy atom. The van der Waals surface area contributed by atoms with Gasteiger partial charge in [-0.1, -0.05) is 30.4 Å². The van der Waals surface area contributed by atoms with Crippen molar-refractivity contribution in [3.05, 3.63) is 65.2 Å². The molecule has 1 aliphatic heterocycles. The van der Waals surface area contributed by atoms with Gasteiger partial charge in [0.15, 0.2) is 0 Å². The second kappa shape index (κ2) is 17.2. The molecular weight excluding hydrogens is 633 g/mol. The number of halogens is 3. The van der Waals surface area contributed by atoms with E-state index in [4.69, 9.17) is 30.8 Å². The molecule has 2 amide bonds. The number of amides is 2. The van der Waals surface area contributed by atoms with Crippen molar-refractivity contribution in [2.45, 2.75) is 58.4 Å². The molecule has 1 unspecified atom stereocenters. The van der Waals surface area contributed by atoms with E-state index in [0.29, 0.717) is 42.9 Å². The van der Waals surface area contributed by atoms with E-state index in [-0.39, 0.29) is 31.3 Å². The number of benzene rings is 2. The van der Waals surface area contributed by atoms with Crippen molar-refractivity contribution in [1.82, 2.24) is 10.2 Å². The number of hydrogen-bond acceptors (Lipinski definition) is 8. The SMILES string of the molecule is CCOC(=O)CC(NC(=O)N(CC=Cc1cccc(C(=N)N)c1)c1ccc(OC2CCN(C(C)=N)CC2)c(C(F)(F)F)c1)C(=O)OCC. The Balaban J connectivity index is 1.97. The highest BCUT2D eigenvalue weighted by atomic mass is 19.4. The van der Waals surface area contributed by atoms with Gasteiger partial charge < -0.3 is 30.2 Å². The predicted octanol–water partition coefficient (Wildman–Crippen LogP) is 4.94. The molecule has 2 aromatic rings. The fourth-order valence-corrected chi connectivity index (χ4v) is 4.96. The molecule has 260 valence electrons. The zero-order chi connectivity index (χ0) is 35.4. The van der Waals surface area contributed by atoms with E-state index in [1.165, 1.54) is 12.1 Å². The van der Waals surface area contributed by atoms with E-state index in [1.807, 2.05) is 4.90 Å². The van der Waals surface area contributed by atoms with Gasteiger partial charge in [-0.25, -0.2) is 9.59 Å². The summed E-state index contributed by atoms with van der Waals surface area (Å²) in [5.41, 5.74) is 5.37. The van der Waals surface area contributed by atoms with Crippen molar-refractivity contribution in [1.29, 1.82) is 10.8 Å². The number of nitrogen functional groups attached to an aromatic ring is 1. The van der Waals surface area contributed by atoms with Crippen LogP contribution in [0.2, 0.25) is 0 Å². The first kappa shape index (κ1) is 37.4. The summed E-state index contributed by atoms with van der Waals surface area (Å²) in [7, 11) is 0. The van der Waals surface area contributed by atoms with E-state index in [9.17, 15) is 27.6 Å². The summed E-state index contributed by atoms with van der Waals surface area (Å²) in [6, 6.07) is 7.44. The van der Waals surface area contributed by atoms with Crippen LogP contribution in [0.1, 0.15) is 56.7 Å². The number of nitrogens with two attached hydrogens (primary N) is 1. The molecule has 1 heterocycles. The standard InChI is InChI=1S/C33H41F3N6O6/c1-4-46-29(43)20-27(31(44)47-5-2)40-32(45)42(15-7-9-22-8-6-10-23(18-22)30(38)39)24-11-12-28(26(19-24)33(34,35)36)48-25-13-16-41(17-14-25)21(3)37/h6-12,18-19,25,27,37H,4-5,13-17,20H2,1-3H3,(H3,38,39)(H,40,45). The highest BCUT2D eigenvalue weighted by Crippen LogP contribution is 2.39. The number of rotatable bonds is 13. The summed E-state index contributed by atoms with van der Waals surface area (Å²) in [5, 5.41) is 17.9. The Kier molecular flexibility index (Phi) is 13.4. The zero-order valence-corrected chi connectivity index (χ0v) is 27.1. The lowest BCUT2D eigenvalue weighted by molar-refractivity contribution is -0.151. The number of nitrogens with zero attached hydrogens (tertiary/aromatic N) is 2. The Hall–Kier alpha value is -5.08. The van der Waals surface area contributed by atoms with Crippen molar-refractivity contribution in [3.8, 4) is 5.75 Å². The lowest BCUT2D eigenvalue weighted by Gasteiger charge is -2.33. The first-order chi connectivity index (χ1) is 22.7. The second-order valence-electron chi connectivity index (χ2n) is 10.9. The minimum atomic E-state index is -4.85. The number of likely N-dealkylation sites (tertiary alicyclic amines) is 1. The van der Waals surface area contributed by atoms with Crippen molar-refractivity contribution in [3.63, 3.8) is 0 Å². The van der Waals surface area contributed by atoms with Gasteiger partial charge in [0.25, 0.3) is 0 Å². The fraction of sp³-hybridized carbons (Fsp3) is 0.424.